The number of hydrogen-bond acceptors (Lipinski definition) is 5. The number of nitrogens with zero attached hydrogens (tertiary/aromatic N) is 5. The van der Waals surface area contributed by atoms with Gasteiger partial charge in [0.05, 0.1) is 29.4 Å². The molecule has 2 amide bonds. The van der Waals surface area contributed by atoms with Crippen molar-refractivity contribution in [3.05, 3.63) is 18.2 Å². The van der Waals surface area contributed by atoms with E-state index in [2.05, 4.69) is 25.3 Å². The molecule has 4 rings (SSSR count). The Kier molecular flexibility index (Phi) is 5.62. The highest BCUT2D eigenvalue weighted by atomic mass is 35.5. The van der Waals surface area contributed by atoms with Crippen LogP contribution in [0, 0.1) is 0 Å². The van der Waals surface area contributed by atoms with Gasteiger partial charge in [-0.3, -0.25) is 0 Å². The molecule has 9 heteroatoms. The van der Waals surface area contributed by atoms with Gasteiger partial charge < -0.3 is 16.0 Å². The maximum atomic E-state index is 11.3. The molecule has 8 nitrogen and oxygen atoms in total. The number of fused-ring (bicyclic) bond motifs is 1. The van der Waals surface area contributed by atoms with Crippen molar-refractivity contribution in [2.24, 2.45) is 5.73 Å². The molecule has 0 bridgehead atoms. The first-order chi connectivity index (χ1) is 12.2. The summed E-state index contributed by atoms with van der Waals surface area (Å²) in [6, 6.07) is -0.516. The Morgan fingerprint density at radius 1 is 1.15 bits per heavy atom. The van der Waals surface area contributed by atoms with Crippen LogP contribution in [-0.2, 0) is 12.1 Å². The Hall–Kier alpha value is -1.93. The maximum Gasteiger partial charge on any atom is 0.312 e. The largest absolute Gasteiger partial charge is 0.352 e. The number of rotatable bonds is 5. The second kappa shape index (κ2) is 7.75. The fraction of sp³-hybridized carbons (Fsp3) is 0.647. The van der Waals surface area contributed by atoms with Crippen LogP contribution in [0.2, 0.25) is 0 Å². The molecule has 0 aromatic carbocycles. The predicted octanol–water partition coefficient (Wildman–Crippen LogP) is 1.78. The molecule has 2 aromatic heterocycles. The highest BCUT2D eigenvalue weighted by Gasteiger charge is 2.48. The van der Waals surface area contributed by atoms with Gasteiger partial charge >= 0.3 is 6.03 Å². The van der Waals surface area contributed by atoms with E-state index in [-0.39, 0.29) is 12.4 Å². The monoisotopic (exact) mass is 379 g/mol. The van der Waals surface area contributed by atoms with Gasteiger partial charge in [0.15, 0.2) is 5.65 Å². The third-order valence-electron chi connectivity index (χ3n) is 5.33. The van der Waals surface area contributed by atoms with Crippen molar-refractivity contribution in [2.75, 3.05) is 19.6 Å². The molecular weight excluding hydrogens is 354 g/mol. The lowest BCUT2D eigenvalue weighted by molar-refractivity contribution is 0.244. The zero-order valence-electron chi connectivity index (χ0n) is 14.9. The van der Waals surface area contributed by atoms with Crippen LogP contribution in [0.15, 0.2) is 12.5 Å². The minimum atomic E-state index is -0.516. The van der Waals surface area contributed by atoms with Crippen LogP contribution >= 0.6 is 12.4 Å². The van der Waals surface area contributed by atoms with Gasteiger partial charge in [-0.25, -0.2) is 19.4 Å². The first kappa shape index (κ1) is 18.8. The van der Waals surface area contributed by atoms with E-state index in [0.29, 0.717) is 0 Å². The van der Waals surface area contributed by atoms with Crippen LogP contribution in [-0.4, -0.2) is 50.3 Å². The number of hydrogen-bond donors (Lipinski definition) is 2. The molecule has 2 aliphatic rings. The topological polar surface area (TPSA) is 102 Å². The van der Waals surface area contributed by atoms with E-state index < -0.39 is 11.6 Å². The zero-order valence-corrected chi connectivity index (χ0v) is 15.7. The van der Waals surface area contributed by atoms with E-state index in [0.717, 1.165) is 42.7 Å². The number of amides is 2. The zero-order chi connectivity index (χ0) is 17.3. The van der Waals surface area contributed by atoms with Gasteiger partial charge in [-0.15, -0.1) is 12.4 Å². The standard InChI is InChI=1S/C17H25N7O.ClH/c18-16(25)22-17(5-6-17)14-13-11-21-24(15(13)20-12-19-14)10-9-23-7-3-1-2-4-8-23;/h11-12H,1-10H2,(H3,18,22,25);1H. The van der Waals surface area contributed by atoms with Crippen LogP contribution in [0.4, 0.5) is 4.79 Å². The molecular formula is C17H26ClN7O. The van der Waals surface area contributed by atoms with Crippen molar-refractivity contribution in [2.45, 2.75) is 50.6 Å². The number of halogens is 1. The molecule has 142 valence electrons. The SMILES string of the molecule is Cl.NC(=O)NC1(c2ncnc3c2cnn3CCN2CCCCCC2)CC1. The highest BCUT2D eigenvalue weighted by Crippen LogP contribution is 2.46. The van der Waals surface area contributed by atoms with Crippen LogP contribution in [0.25, 0.3) is 11.0 Å². The number of aromatic nitrogens is 4. The molecule has 0 spiro atoms. The van der Waals surface area contributed by atoms with Gasteiger partial charge in [0.2, 0.25) is 0 Å². The lowest BCUT2D eigenvalue weighted by Crippen LogP contribution is -2.39. The molecule has 0 unspecified atom stereocenters. The van der Waals surface area contributed by atoms with E-state index in [9.17, 15) is 4.79 Å². The van der Waals surface area contributed by atoms with Crippen LogP contribution in [0.1, 0.15) is 44.2 Å². The molecule has 1 saturated carbocycles. The number of carbonyl (C=O) groups excluding carboxylic acids is 1. The number of nitrogens with one attached hydrogen (secondary N) is 1. The third-order valence-corrected chi connectivity index (χ3v) is 5.33. The average molecular weight is 380 g/mol. The Bertz CT molecular complexity index is 766. The van der Waals surface area contributed by atoms with Gasteiger partial charge in [-0.05, 0) is 38.8 Å². The molecule has 1 aliphatic carbocycles. The third kappa shape index (κ3) is 3.76. The molecule has 2 fully saturated rings. The van der Waals surface area contributed by atoms with Crippen molar-refractivity contribution in [3.63, 3.8) is 0 Å². The first-order valence-corrected chi connectivity index (χ1v) is 9.15. The van der Waals surface area contributed by atoms with Gasteiger partial charge in [-0.1, -0.05) is 12.8 Å². The quantitative estimate of drug-likeness (QED) is 0.824. The van der Waals surface area contributed by atoms with E-state index in [4.69, 9.17) is 5.73 Å². The van der Waals surface area contributed by atoms with Gasteiger partial charge in [-0.2, -0.15) is 5.10 Å². The van der Waals surface area contributed by atoms with Gasteiger partial charge in [0.25, 0.3) is 0 Å². The van der Waals surface area contributed by atoms with Crippen molar-refractivity contribution >= 4 is 29.5 Å². The summed E-state index contributed by atoms with van der Waals surface area (Å²) in [4.78, 5) is 22.7. The Balaban J connectivity index is 0.00000196. The molecule has 3 N–H and O–H groups in total. The lowest BCUT2D eigenvalue weighted by atomic mass is 10.1. The van der Waals surface area contributed by atoms with Gasteiger partial charge in [0.1, 0.15) is 6.33 Å². The number of urea groups is 1. The molecule has 1 saturated heterocycles. The highest BCUT2D eigenvalue weighted by molar-refractivity contribution is 5.85. The second-order valence-electron chi connectivity index (χ2n) is 7.15. The Morgan fingerprint density at radius 3 is 2.54 bits per heavy atom. The van der Waals surface area contributed by atoms with E-state index in [1.165, 1.54) is 38.8 Å². The minimum Gasteiger partial charge on any atom is -0.352 e. The Morgan fingerprint density at radius 2 is 1.88 bits per heavy atom. The molecule has 26 heavy (non-hydrogen) atoms. The minimum absolute atomic E-state index is 0. The van der Waals surface area contributed by atoms with Crippen molar-refractivity contribution < 1.29 is 4.79 Å². The van der Waals surface area contributed by atoms with E-state index >= 15 is 0 Å². The summed E-state index contributed by atoms with van der Waals surface area (Å²) in [6.45, 7) is 4.15. The van der Waals surface area contributed by atoms with Crippen molar-refractivity contribution in [1.82, 2.24) is 30.0 Å². The molecule has 0 radical (unpaired) electrons. The summed E-state index contributed by atoms with van der Waals surface area (Å²) in [5.74, 6) is 0. The smallest absolute Gasteiger partial charge is 0.312 e. The average Bonchev–Trinajstić information content (AvgIpc) is 3.31. The molecule has 1 aliphatic heterocycles. The number of carbonyl (C=O) groups is 1. The second-order valence-corrected chi connectivity index (χ2v) is 7.15. The van der Waals surface area contributed by atoms with Crippen molar-refractivity contribution in [1.29, 1.82) is 0 Å². The van der Waals surface area contributed by atoms with Crippen LogP contribution in [0.5, 0.6) is 0 Å². The van der Waals surface area contributed by atoms with E-state index in [1.807, 2.05) is 10.9 Å². The number of nitrogens with two attached hydrogens (primary N) is 1. The first-order valence-electron chi connectivity index (χ1n) is 9.15. The summed E-state index contributed by atoms with van der Waals surface area (Å²) in [6.07, 6.45) is 10.3. The van der Waals surface area contributed by atoms with Gasteiger partial charge in [0, 0.05) is 6.54 Å². The summed E-state index contributed by atoms with van der Waals surface area (Å²) in [5.41, 5.74) is 6.55. The lowest BCUT2D eigenvalue weighted by Gasteiger charge is -2.19. The predicted molar refractivity (Wildman–Crippen MR) is 101 cm³/mol. The summed E-state index contributed by atoms with van der Waals surface area (Å²) >= 11 is 0. The Labute approximate surface area is 158 Å². The normalized spacial score (nSPS) is 19.5. The molecule has 3 heterocycles. The van der Waals surface area contributed by atoms with E-state index in [1.54, 1.807) is 6.33 Å². The van der Waals surface area contributed by atoms with Crippen LogP contribution in [0.3, 0.4) is 0 Å². The fourth-order valence-corrected chi connectivity index (χ4v) is 3.82. The van der Waals surface area contributed by atoms with Crippen molar-refractivity contribution in [3.8, 4) is 0 Å². The maximum absolute atomic E-state index is 11.3. The summed E-state index contributed by atoms with van der Waals surface area (Å²) in [5, 5.41) is 8.28. The molecule has 0 atom stereocenters. The number of likely N-dealkylation sites (tertiary alicyclic amines) is 1. The summed E-state index contributed by atoms with van der Waals surface area (Å²) < 4.78 is 1.95. The van der Waals surface area contributed by atoms with Crippen LogP contribution < -0.4 is 11.1 Å². The fourth-order valence-electron chi connectivity index (χ4n) is 3.82. The summed E-state index contributed by atoms with van der Waals surface area (Å²) in [7, 11) is 0. The number of primary amides is 1. The molecule has 2 aromatic rings.